The van der Waals surface area contributed by atoms with Crippen LogP contribution in [0, 0.1) is 11.6 Å². The third-order valence-corrected chi connectivity index (χ3v) is 8.49. The molecule has 7 rings (SSSR count). The second kappa shape index (κ2) is 13.0. The van der Waals surface area contributed by atoms with E-state index in [-0.39, 0.29) is 58.2 Å². The molecule has 0 fully saturated rings. The number of hydrogen-bond acceptors (Lipinski definition) is 8. The molecule has 50 heavy (non-hydrogen) atoms. The van der Waals surface area contributed by atoms with Crippen LogP contribution in [-0.2, 0) is 22.4 Å². The van der Waals surface area contributed by atoms with Crippen molar-refractivity contribution >= 4 is 45.3 Å². The Morgan fingerprint density at radius 3 is 1.32 bits per heavy atom. The average molecular weight is 679 g/mol. The van der Waals surface area contributed by atoms with Crippen molar-refractivity contribution in [3.63, 3.8) is 0 Å². The lowest BCUT2D eigenvalue weighted by atomic mass is 9.96. The highest BCUT2D eigenvalue weighted by Crippen LogP contribution is 2.41. The molecular weight excluding hydrogens is 650 g/mol. The Morgan fingerprint density at radius 2 is 0.960 bits per heavy atom. The molecule has 4 aromatic carbocycles. The number of Topliss-reactive ketones (excluding diaryl/α,β-unsaturated/α-hetero) is 2. The fourth-order valence-corrected chi connectivity index (χ4v) is 6.21. The summed E-state index contributed by atoms with van der Waals surface area (Å²) in [6.45, 7) is -0.864. The van der Waals surface area contributed by atoms with Gasteiger partial charge in [-0.25, -0.2) is 8.78 Å². The highest BCUT2D eigenvalue weighted by Gasteiger charge is 2.30. The van der Waals surface area contributed by atoms with Gasteiger partial charge in [-0.2, -0.15) is 0 Å². The molecule has 1 aliphatic heterocycles. The van der Waals surface area contributed by atoms with Crippen LogP contribution in [0.1, 0.15) is 31.8 Å². The van der Waals surface area contributed by atoms with Crippen LogP contribution in [0.25, 0.3) is 44.6 Å². The molecule has 1 aliphatic rings. The molecule has 2 aromatic heterocycles. The molecule has 0 atom stereocenters. The fraction of sp³-hybridized carbons (Fsp3) is 0.158. The summed E-state index contributed by atoms with van der Waals surface area (Å²) in [7, 11) is 2.90. The van der Waals surface area contributed by atoms with E-state index in [1.54, 1.807) is 24.3 Å². The molecule has 3 heterocycles. The normalized spacial score (nSPS) is 13.4. The molecule has 2 amide bonds. The van der Waals surface area contributed by atoms with E-state index < -0.39 is 48.2 Å². The first-order valence-corrected chi connectivity index (χ1v) is 15.6. The van der Waals surface area contributed by atoms with Gasteiger partial charge in [0, 0.05) is 60.0 Å². The molecule has 10 nitrogen and oxygen atoms in total. The van der Waals surface area contributed by atoms with Crippen molar-refractivity contribution in [2.75, 3.05) is 27.3 Å². The second-order valence-electron chi connectivity index (χ2n) is 11.6. The molecule has 2 N–H and O–H groups in total. The van der Waals surface area contributed by atoms with Crippen molar-refractivity contribution in [2.45, 2.75) is 12.8 Å². The maximum atomic E-state index is 13.7. The van der Waals surface area contributed by atoms with Gasteiger partial charge in [0.25, 0.3) is 11.8 Å². The Hall–Kier alpha value is -6.30. The van der Waals surface area contributed by atoms with Crippen LogP contribution >= 0.6 is 0 Å². The van der Waals surface area contributed by atoms with Gasteiger partial charge in [-0.05, 0) is 72.8 Å². The van der Waals surface area contributed by atoms with Crippen LogP contribution in [0.4, 0.5) is 8.78 Å². The number of amides is 2. The standard InChI is InChI=1S/C38H28F2N2O8/c1-41-37(45)33-31-25-15-23(43)17-48-28-12-14-30-32(34(38(46)42-2)36(50-30)20-5-9-22(40)10-6-20)26(28)16-24(44)18-47-27(25)11-13-29(31)49-35(33)19-3-7-21(39)8-4-19/h3-14H,15-18H2,1-2H3,(H,41,45)(H,42,46). The number of benzene rings is 4. The Kier molecular flexibility index (Phi) is 8.36. The SMILES string of the molecule is CNC(=O)c1c(-c2ccc(F)cc2)oc2ccc3c(c12)CC(=O)COc1ccc2oc(-c4ccc(F)cc4)c(C(=O)NC)c2c1CC(=O)CO3. The summed E-state index contributed by atoms with van der Waals surface area (Å²) in [4.78, 5) is 53.8. The van der Waals surface area contributed by atoms with Gasteiger partial charge in [-0.15, -0.1) is 0 Å². The summed E-state index contributed by atoms with van der Waals surface area (Å²) in [5.41, 5.74) is 2.31. The van der Waals surface area contributed by atoms with E-state index in [9.17, 15) is 28.0 Å². The van der Waals surface area contributed by atoms with Crippen molar-refractivity contribution in [2.24, 2.45) is 0 Å². The zero-order chi connectivity index (χ0) is 35.1. The van der Waals surface area contributed by atoms with Gasteiger partial charge >= 0.3 is 0 Å². The molecule has 0 saturated carbocycles. The molecule has 252 valence electrons. The monoisotopic (exact) mass is 678 g/mol. The van der Waals surface area contributed by atoms with E-state index in [4.69, 9.17) is 18.3 Å². The summed E-state index contributed by atoms with van der Waals surface area (Å²) in [6.07, 6.45) is -0.510. The summed E-state index contributed by atoms with van der Waals surface area (Å²) < 4.78 is 51.7. The van der Waals surface area contributed by atoms with Gasteiger partial charge in [-0.1, -0.05) is 0 Å². The van der Waals surface area contributed by atoms with Crippen LogP contribution in [0.15, 0.2) is 81.6 Å². The predicted octanol–water partition coefficient (Wildman–Crippen LogP) is 6.21. The number of rotatable bonds is 4. The van der Waals surface area contributed by atoms with Gasteiger partial charge in [0.05, 0.1) is 11.1 Å². The molecular formula is C38H28F2N2O8. The highest BCUT2D eigenvalue weighted by molar-refractivity contribution is 6.14. The lowest BCUT2D eigenvalue weighted by molar-refractivity contribution is -0.120. The molecule has 0 saturated heterocycles. The molecule has 6 aromatic rings. The summed E-state index contributed by atoms with van der Waals surface area (Å²) in [6, 6.07) is 17.1. The topological polar surface area (TPSA) is 137 Å². The van der Waals surface area contributed by atoms with E-state index in [1.807, 2.05) is 0 Å². The summed E-state index contributed by atoms with van der Waals surface area (Å²) >= 11 is 0. The van der Waals surface area contributed by atoms with E-state index in [1.165, 1.54) is 62.6 Å². The van der Waals surface area contributed by atoms with Crippen LogP contribution in [0.2, 0.25) is 0 Å². The lowest BCUT2D eigenvalue weighted by Crippen LogP contribution is -2.22. The number of furan rings is 2. The van der Waals surface area contributed by atoms with Crippen molar-refractivity contribution in [3.8, 4) is 34.1 Å². The number of ether oxygens (including phenoxy) is 2. The maximum absolute atomic E-state index is 13.7. The van der Waals surface area contributed by atoms with Gasteiger partial charge in [-0.3, -0.25) is 19.2 Å². The molecule has 0 bridgehead atoms. The van der Waals surface area contributed by atoms with E-state index >= 15 is 0 Å². The van der Waals surface area contributed by atoms with Gasteiger partial charge in [0.1, 0.15) is 59.0 Å². The molecule has 0 aliphatic carbocycles. The smallest absolute Gasteiger partial charge is 0.255 e. The third-order valence-electron chi connectivity index (χ3n) is 8.49. The number of fused-ring (bicyclic) bond motifs is 6. The average Bonchev–Trinajstić information content (AvgIpc) is 3.70. The summed E-state index contributed by atoms with van der Waals surface area (Å²) in [5, 5.41) is 5.82. The predicted molar refractivity (Wildman–Crippen MR) is 178 cm³/mol. The summed E-state index contributed by atoms with van der Waals surface area (Å²) in [5.74, 6) is -2.02. The first kappa shape index (κ1) is 32.3. The molecule has 0 unspecified atom stereocenters. The largest absolute Gasteiger partial charge is 0.486 e. The van der Waals surface area contributed by atoms with Crippen LogP contribution in [0.3, 0.4) is 0 Å². The Balaban J connectivity index is 1.33. The first-order valence-electron chi connectivity index (χ1n) is 15.6. The van der Waals surface area contributed by atoms with E-state index in [0.717, 1.165) is 0 Å². The Bertz CT molecular complexity index is 2170. The number of nitrogens with one attached hydrogen (secondary N) is 2. The number of hydrogen-bond donors (Lipinski definition) is 2. The zero-order valence-corrected chi connectivity index (χ0v) is 26.8. The Morgan fingerprint density at radius 1 is 0.580 bits per heavy atom. The van der Waals surface area contributed by atoms with Crippen LogP contribution in [0.5, 0.6) is 11.5 Å². The molecule has 0 radical (unpaired) electrons. The van der Waals surface area contributed by atoms with E-state index in [0.29, 0.717) is 33.0 Å². The first-order chi connectivity index (χ1) is 24.2. The maximum Gasteiger partial charge on any atom is 0.255 e. The second-order valence-corrected chi connectivity index (χ2v) is 11.6. The van der Waals surface area contributed by atoms with Gasteiger partial charge < -0.3 is 28.9 Å². The quantitative estimate of drug-likeness (QED) is 0.225. The number of carbonyl (C=O) groups excluding carboxylic acids is 4. The number of carbonyl (C=O) groups is 4. The highest BCUT2D eigenvalue weighted by atomic mass is 19.1. The third kappa shape index (κ3) is 5.74. The van der Waals surface area contributed by atoms with Crippen molar-refractivity contribution in [1.29, 1.82) is 0 Å². The lowest BCUT2D eigenvalue weighted by Gasteiger charge is -2.17. The number of halogens is 2. The van der Waals surface area contributed by atoms with Crippen molar-refractivity contribution in [3.05, 3.63) is 107 Å². The number of ketones is 2. The fourth-order valence-electron chi connectivity index (χ4n) is 6.21. The van der Waals surface area contributed by atoms with E-state index in [2.05, 4.69) is 10.6 Å². The van der Waals surface area contributed by atoms with Crippen LogP contribution in [-0.4, -0.2) is 50.7 Å². The van der Waals surface area contributed by atoms with Crippen LogP contribution < -0.4 is 20.1 Å². The minimum Gasteiger partial charge on any atom is -0.486 e. The van der Waals surface area contributed by atoms with Crippen molar-refractivity contribution < 1.29 is 46.3 Å². The Labute approximate surface area is 283 Å². The minimum atomic E-state index is -0.507. The zero-order valence-electron chi connectivity index (χ0n) is 26.8. The molecule has 0 spiro atoms. The van der Waals surface area contributed by atoms with Gasteiger partial charge in [0.2, 0.25) is 0 Å². The van der Waals surface area contributed by atoms with Crippen molar-refractivity contribution in [1.82, 2.24) is 10.6 Å². The van der Waals surface area contributed by atoms with Gasteiger partial charge in [0.15, 0.2) is 11.6 Å². The molecule has 12 heteroatoms. The minimum absolute atomic E-state index is 0.119.